The van der Waals surface area contributed by atoms with E-state index in [4.69, 9.17) is 4.74 Å². The maximum atomic E-state index is 13.6. The van der Waals surface area contributed by atoms with Crippen LogP contribution in [-0.2, 0) is 16.4 Å². The molecule has 3 aromatic carbocycles. The molecule has 0 radical (unpaired) electrons. The molecule has 3 aromatic rings. The Labute approximate surface area is 226 Å². The largest absolute Gasteiger partial charge is 0.497 e. The molecule has 3 rings (SSSR count). The van der Waals surface area contributed by atoms with E-state index in [1.165, 1.54) is 23.5 Å². The van der Waals surface area contributed by atoms with Gasteiger partial charge in [0.15, 0.2) is 0 Å². The maximum Gasteiger partial charge on any atom is 0.251 e. The lowest BCUT2D eigenvalue weighted by atomic mass is 9.98. The van der Waals surface area contributed by atoms with Crippen LogP contribution in [0.2, 0.25) is 0 Å². The van der Waals surface area contributed by atoms with E-state index >= 15 is 0 Å². The van der Waals surface area contributed by atoms with Gasteiger partial charge in [-0.05, 0) is 73.2 Å². The molecule has 0 saturated carbocycles. The van der Waals surface area contributed by atoms with Gasteiger partial charge in [-0.3, -0.25) is 4.79 Å². The van der Waals surface area contributed by atoms with E-state index in [0.717, 1.165) is 16.7 Å². The molecule has 2 atom stereocenters. The van der Waals surface area contributed by atoms with Crippen molar-refractivity contribution in [1.29, 1.82) is 0 Å². The molecule has 0 aliphatic carbocycles. The third-order valence-corrected chi connectivity index (χ3v) is 8.43. The summed E-state index contributed by atoms with van der Waals surface area (Å²) >= 11 is 0. The summed E-state index contributed by atoms with van der Waals surface area (Å²) in [6.45, 7) is 7.72. The molecule has 8 heteroatoms. The second-order valence-corrected chi connectivity index (χ2v) is 11.9. The number of rotatable bonds is 12. The number of aliphatic hydroxyl groups is 1. The standard InChI is InChI=1S/C30H38N2O5S/c1-21(2)19-32(38(35,36)26-16-14-25(37-5)15-17-26)20-29(33)28(18-24-11-7-6-8-12-24)31-30(34)27-13-9-10-22(3)23(27)4/h6-17,21,28-29,33H,18-20H2,1-5H3,(H,31,34)/t28-,29+/m0/s1. The first-order valence-corrected chi connectivity index (χ1v) is 14.2. The zero-order valence-electron chi connectivity index (χ0n) is 22.7. The molecule has 38 heavy (non-hydrogen) atoms. The number of ether oxygens (including phenoxy) is 1. The highest BCUT2D eigenvalue weighted by Crippen LogP contribution is 2.22. The van der Waals surface area contributed by atoms with Crippen molar-refractivity contribution in [2.24, 2.45) is 5.92 Å². The molecule has 204 valence electrons. The van der Waals surface area contributed by atoms with Gasteiger partial charge >= 0.3 is 0 Å². The fourth-order valence-corrected chi connectivity index (χ4v) is 5.93. The van der Waals surface area contributed by atoms with Crippen LogP contribution < -0.4 is 10.1 Å². The van der Waals surface area contributed by atoms with Crippen LogP contribution in [0.4, 0.5) is 0 Å². The minimum Gasteiger partial charge on any atom is -0.497 e. The smallest absolute Gasteiger partial charge is 0.251 e. The van der Waals surface area contributed by atoms with Gasteiger partial charge in [0.2, 0.25) is 10.0 Å². The van der Waals surface area contributed by atoms with E-state index in [9.17, 15) is 18.3 Å². The number of benzene rings is 3. The molecule has 0 aliphatic rings. The fourth-order valence-electron chi connectivity index (χ4n) is 4.31. The minimum absolute atomic E-state index is 0.0207. The number of hydrogen-bond donors (Lipinski definition) is 2. The molecule has 0 heterocycles. The van der Waals surface area contributed by atoms with Gasteiger partial charge in [-0.1, -0.05) is 56.3 Å². The lowest BCUT2D eigenvalue weighted by Gasteiger charge is -2.31. The second-order valence-electron chi connectivity index (χ2n) is 9.98. The number of amides is 1. The molecule has 0 aromatic heterocycles. The molecule has 0 bridgehead atoms. The maximum absolute atomic E-state index is 13.6. The number of nitrogens with zero attached hydrogens (tertiary/aromatic N) is 1. The van der Waals surface area contributed by atoms with Crippen molar-refractivity contribution >= 4 is 15.9 Å². The zero-order valence-corrected chi connectivity index (χ0v) is 23.5. The van der Waals surface area contributed by atoms with E-state index in [-0.39, 0.29) is 29.8 Å². The van der Waals surface area contributed by atoms with Gasteiger partial charge in [0.1, 0.15) is 5.75 Å². The predicted octanol–water partition coefficient (Wildman–Crippen LogP) is 4.36. The summed E-state index contributed by atoms with van der Waals surface area (Å²) in [6, 6.07) is 20.5. The SMILES string of the molecule is COc1ccc(S(=O)(=O)N(CC(C)C)C[C@@H](O)[C@H](Cc2ccccc2)NC(=O)c2cccc(C)c2C)cc1. The summed E-state index contributed by atoms with van der Waals surface area (Å²) in [5, 5.41) is 14.4. The number of nitrogens with one attached hydrogen (secondary N) is 1. The Morgan fingerprint density at radius 3 is 2.21 bits per heavy atom. The Bertz CT molecular complexity index is 1310. The topological polar surface area (TPSA) is 95.9 Å². The molecule has 0 spiro atoms. The lowest BCUT2D eigenvalue weighted by Crippen LogP contribution is -2.51. The first kappa shape index (κ1) is 29.4. The average Bonchev–Trinajstić information content (AvgIpc) is 2.89. The highest BCUT2D eigenvalue weighted by Gasteiger charge is 2.31. The summed E-state index contributed by atoms with van der Waals surface area (Å²) < 4.78 is 33.7. The molecule has 2 N–H and O–H groups in total. The molecular weight excluding hydrogens is 500 g/mol. The molecule has 0 aliphatic heterocycles. The quantitative estimate of drug-likeness (QED) is 0.357. The summed E-state index contributed by atoms with van der Waals surface area (Å²) in [5.74, 6) is 0.267. The molecular formula is C30H38N2O5S. The number of aliphatic hydroxyl groups excluding tert-OH is 1. The number of carbonyl (C=O) groups is 1. The van der Waals surface area contributed by atoms with Crippen LogP contribution in [0, 0.1) is 19.8 Å². The fraction of sp³-hybridized carbons (Fsp3) is 0.367. The van der Waals surface area contributed by atoms with E-state index < -0.39 is 22.2 Å². The van der Waals surface area contributed by atoms with Gasteiger partial charge in [-0.25, -0.2) is 8.42 Å². The number of sulfonamides is 1. The van der Waals surface area contributed by atoms with Crippen LogP contribution in [0.3, 0.4) is 0 Å². The Morgan fingerprint density at radius 2 is 1.61 bits per heavy atom. The minimum atomic E-state index is -3.91. The van der Waals surface area contributed by atoms with Crippen molar-refractivity contribution in [3.05, 3.63) is 95.1 Å². The van der Waals surface area contributed by atoms with Crippen LogP contribution in [0.15, 0.2) is 77.7 Å². The monoisotopic (exact) mass is 538 g/mol. The van der Waals surface area contributed by atoms with E-state index in [0.29, 0.717) is 17.7 Å². The van der Waals surface area contributed by atoms with Gasteiger partial charge in [0, 0.05) is 18.7 Å². The molecule has 0 saturated heterocycles. The Kier molecular flexibility index (Phi) is 10.1. The van der Waals surface area contributed by atoms with Crippen molar-refractivity contribution in [1.82, 2.24) is 9.62 Å². The molecule has 1 amide bonds. The molecule has 7 nitrogen and oxygen atoms in total. The van der Waals surface area contributed by atoms with Crippen molar-refractivity contribution < 1.29 is 23.1 Å². The van der Waals surface area contributed by atoms with Crippen molar-refractivity contribution in [3.8, 4) is 5.75 Å². The van der Waals surface area contributed by atoms with Crippen molar-refractivity contribution in [2.75, 3.05) is 20.2 Å². The lowest BCUT2D eigenvalue weighted by molar-refractivity contribution is 0.0775. The number of hydrogen-bond acceptors (Lipinski definition) is 5. The first-order valence-electron chi connectivity index (χ1n) is 12.8. The van der Waals surface area contributed by atoms with Gasteiger partial charge in [0.05, 0.1) is 24.2 Å². The van der Waals surface area contributed by atoms with Crippen molar-refractivity contribution in [3.63, 3.8) is 0 Å². The highest BCUT2D eigenvalue weighted by atomic mass is 32.2. The second kappa shape index (κ2) is 13.0. The van der Waals surface area contributed by atoms with E-state index in [2.05, 4.69) is 5.32 Å². The van der Waals surface area contributed by atoms with Gasteiger partial charge in [0.25, 0.3) is 5.91 Å². The van der Waals surface area contributed by atoms with Gasteiger partial charge < -0.3 is 15.2 Å². The number of carbonyl (C=O) groups excluding carboxylic acids is 1. The number of aryl methyl sites for hydroxylation is 1. The zero-order chi connectivity index (χ0) is 27.9. The van der Waals surface area contributed by atoms with Crippen LogP contribution in [-0.4, -0.2) is 56.1 Å². The van der Waals surface area contributed by atoms with Crippen LogP contribution >= 0.6 is 0 Å². The van der Waals surface area contributed by atoms with E-state index in [1.807, 2.05) is 70.2 Å². The highest BCUT2D eigenvalue weighted by molar-refractivity contribution is 7.89. The normalized spacial score (nSPS) is 13.4. The predicted molar refractivity (Wildman–Crippen MR) is 150 cm³/mol. The molecule has 0 unspecified atom stereocenters. The Balaban J connectivity index is 1.91. The van der Waals surface area contributed by atoms with Crippen molar-refractivity contribution in [2.45, 2.75) is 51.2 Å². The van der Waals surface area contributed by atoms with Gasteiger partial charge in [-0.2, -0.15) is 4.31 Å². The van der Waals surface area contributed by atoms with Crippen LogP contribution in [0.25, 0.3) is 0 Å². The van der Waals surface area contributed by atoms with Crippen LogP contribution in [0.1, 0.15) is 40.9 Å². The Hall–Kier alpha value is -3.20. The molecule has 0 fully saturated rings. The summed E-state index contributed by atoms with van der Waals surface area (Å²) in [4.78, 5) is 13.4. The third kappa shape index (κ3) is 7.43. The summed E-state index contributed by atoms with van der Waals surface area (Å²) in [6.07, 6.45) is -0.812. The average molecular weight is 539 g/mol. The first-order chi connectivity index (χ1) is 18.0. The number of methoxy groups -OCH3 is 1. The third-order valence-electron chi connectivity index (χ3n) is 6.59. The summed E-state index contributed by atoms with van der Waals surface area (Å²) in [5.41, 5.74) is 3.30. The Morgan fingerprint density at radius 1 is 0.947 bits per heavy atom. The van der Waals surface area contributed by atoms with Crippen LogP contribution in [0.5, 0.6) is 5.75 Å². The van der Waals surface area contributed by atoms with E-state index in [1.54, 1.807) is 18.2 Å². The summed E-state index contributed by atoms with van der Waals surface area (Å²) in [7, 11) is -2.39. The van der Waals surface area contributed by atoms with Gasteiger partial charge in [-0.15, -0.1) is 0 Å².